The summed E-state index contributed by atoms with van der Waals surface area (Å²) >= 11 is 0. The number of amides is 2. The Hall–Kier alpha value is -2.21. The number of carboxylic acids is 1. The van der Waals surface area contributed by atoms with Crippen molar-refractivity contribution in [2.45, 2.75) is 46.1 Å². The predicted octanol–water partition coefficient (Wildman–Crippen LogP) is 2.54. The highest BCUT2D eigenvalue weighted by Gasteiger charge is 2.36. The largest absolute Gasteiger partial charge is 0.481 e. The third-order valence-corrected chi connectivity index (χ3v) is 5.26. The van der Waals surface area contributed by atoms with Crippen LogP contribution in [0.25, 0.3) is 0 Å². The van der Waals surface area contributed by atoms with Gasteiger partial charge in [-0.3, -0.25) is 19.3 Å². The highest BCUT2D eigenvalue weighted by atomic mass is 16.4. The van der Waals surface area contributed by atoms with Crippen molar-refractivity contribution in [3.05, 3.63) is 35.4 Å². The standard InChI is InChI=1S/C19H26N2O4/c1-4-19(5-2,18(24)25)12-20-13(3)10-11-21-16(22)14-8-6-7-9-15(14)17(21)23/h6-9,13,20H,4-5,10-12H2,1-3H3,(H,24,25). The van der Waals surface area contributed by atoms with E-state index in [1.807, 2.05) is 20.8 Å². The zero-order valence-electron chi connectivity index (χ0n) is 15.0. The summed E-state index contributed by atoms with van der Waals surface area (Å²) in [4.78, 5) is 37.5. The fourth-order valence-corrected chi connectivity index (χ4v) is 3.11. The first-order valence-electron chi connectivity index (χ1n) is 8.78. The van der Waals surface area contributed by atoms with E-state index >= 15 is 0 Å². The molecule has 1 heterocycles. The maximum absolute atomic E-state index is 12.3. The Balaban J connectivity index is 1.91. The van der Waals surface area contributed by atoms with Gasteiger partial charge in [0.15, 0.2) is 0 Å². The summed E-state index contributed by atoms with van der Waals surface area (Å²) in [5.41, 5.74) is 0.133. The van der Waals surface area contributed by atoms with Crippen LogP contribution in [0.3, 0.4) is 0 Å². The Labute approximate surface area is 148 Å². The van der Waals surface area contributed by atoms with Crippen molar-refractivity contribution in [1.82, 2.24) is 10.2 Å². The molecule has 0 spiro atoms. The van der Waals surface area contributed by atoms with Crippen molar-refractivity contribution in [2.75, 3.05) is 13.1 Å². The second kappa shape index (κ2) is 7.78. The molecule has 2 rings (SSSR count). The first-order valence-corrected chi connectivity index (χ1v) is 8.78. The lowest BCUT2D eigenvalue weighted by atomic mass is 9.82. The minimum absolute atomic E-state index is 0.00105. The van der Waals surface area contributed by atoms with Crippen LogP contribution in [0.15, 0.2) is 24.3 Å². The van der Waals surface area contributed by atoms with E-state index in [2.05, 4.69) is 5.32 Å². The fourth-order valence-electron chi connectivity index (χ4n) is 3.11. The molecule has 1 unspecified atom stereocenters. The topological polar surface area (TPSA) is 86.7 Å². The minimum atomic E-state index is -0.794. The van der Waals surface area contributed by atoms with Gasteiger partial charge in [-0.15, -0.1) is 0 Å². The van der Waals surface area contributed by atoms with Crippen molar-refractivity contribution >= 4 is 17.8 Å². The van der Waals surface area contributed by atoms with Crippen LogP contribution < -0.4 is 5.32 Å². The van der Waals surface area contributed by atoms with Gasteiger partial charge in [0, 0.05) is 19.1 Å². The SMILES string of the molecule is CCC(CC)(CNC(C)CCN1C(=O)c2ccccc2C1=O)C(=O)O. The molecule has 1 aliphatic heterocycles. The van der Waals surface area contributed by atoms with Gasteiger partial charge in [-0.1, -0.05) is 26.0 Å². The van der Waals surface area contributed by atoms with Gasteiger partial charge in [0.2, 0.25) is 0 Å². The molecule has 136 valence electrons. The van der Waals surface area contributed by atoms with Crippen LogP contribution in [0.2, 0.25) is 0 Å². The molecule has 1 aliphatic rings. The normalized spacial score (nSPS) is 15.4. The minimum Gasteiger partial charge on any atom is -0.481 e. The number of rotatable bonds is 9. The molecule has 2 N–H and O–H groups in total. The van der Waals surface area contributed by atoms with Crippen LogP contribution in [0.5, 0.6) is 0 Å². The smallest absolute Gasteiger partial charge is 0.310 e. The number of fused-ring (bicyclic) bond motifs is 1. The lowest BCUT2D eigenvalue weighted by Crippen LogP contribution is -2.44. The molecule has 0 fully saturated rings. The van der Waals surface area contributed by atoms with Crippen molar-refractivity contribution in [3.63, 3.8) is 0 Å². The van der Waals surface area contributed by atoms with E-state index in [1.54, 1.807) is 24.3 Å². The number of carbonyl (C=O) groups excluding carboxylic acids is 2. The lowest BCUT2D eigenvalue weighted by Gasteiger charge is -2.29. The van der Waals surface area contributed by atoms with E-state index in [0.29, 0.717) is 43.5 Å². The molecular formula is C19H26N2O4. The zero-order chi connectivity index (χ0) is 18.6. The van der Waals surface area contributed by atoms with Gasteiger partial charge in [0.25, 0.3) is 11.8 Å². The Bertz CT molecular complexity index is 632. The molecule has 6 heteroatoms. The summed E-state index contributed by atoms with van der Waals surface area (Å²) in [6, 6.07) is 6.83. The van der Waals surface area contributed by atoms with E-state index in [0.717, 1.165) is 0 Å². The van der Waals surface area contributed by atoms with Crippen LogP contribution in [0.1, 0.15) is 60.7 Å². The molecule has 1 aromatic rings. The van der Waals surface area contributed by atoms with Gasteiger partial charge in [0.1, 0.15) is 0 Å². The monoisotopic (exact) mass is 346 g/mol. The van der Waals surface area contributed by atoms with Crippen LogP contribution in [0, 0.1) is 5.41 Å². The van der Waals surface area contributed by atoms with E-state index < -0.39 is 11.4 Å². The maximum atomic E-state index is 12.3. The summed E-state index contributed by atoms with van der Waals surface area (Å²) in [5.74, 6) is -1.30. The number of carboxylic acid groups (broad SMARTS) is 1. The van der Waals surface area contributed by atoms with Gasteiger partial charge in [-0.05, 0) is 38.3 Å². The number of hydrogen-bond donors (Lipinski definition) is 2. The number of benzene rings is 1. The Morgan fingerprint density at radius 2 is 1.68 bits per heavy atom. The molecule has 0 saturated carbocycles. The van der Waals surface area contributed by atoms with Crippen molar-refractivity contribution in [3.8, 4) is 0 Å². The van der Waals surface area contributed by atoms with E-state index in [1.165, 1.54) is 4.90 Å². The number of imide groups is 1. The van der Waals surface area contributed by atoms with E-state index in [-0.39, 0.29) is 17.9 Å². The molecule has 1 atom stereocenters. The third-order valence-electron chi connectivity index (χ3n) is 5.26. The van der Waals surface area contributed by atoms with Crippen molar-refractivity contribution in [1.29, 1.82) is 0 Å². The van der Waals surface area contributed by atoms with Gasteiger partial charge in [-0.25, -0.2) is 0 Å². The highest BCUT2D eigenvalue weighted by molar-refractivity contribution is 6.21. The number of nitrogens with zero attached hydrogens (tertiary/aromatic N) is 1. The summed E-state index contributed by atoms with van der Waals surface area (Å²) < 4.78 is 0. The number of nitrogens with one attached hydrogen (secondary N) is 1. The maximum Gasteiger partial charge on any atom is 0.310 e. The second-order valence-electron chi connectivity index (χ2n) is 6.67. The van der Waals surface area contributed by atoms with Gasteiger partial charge >= 0.3 is 5.97 Å². The Morgan fingerprint density at radius 3 is 2.12 bits per heavy atom. The van der Waals surface area contributed by atoms with Gasteiger partial charge in [-0.2, -0.15) is 0 Å². The van der Waals surface area contributed by atoms with E-state index in [9.17, 15) is 19.5 Å². The van der Waals surface area contributed by atoms with Gasteiger partial charge < -0.3 is 10.4 Å². The molecular weight excluding hydrogens is 320 g/mol. The van der Waals surface area contributed by atoms with E-state index in [4.69, 9.17) is 0 Å². The van der Waals surface area contributed by atoms with Crippen LogP contribution >= 0.6 is 0 Å². The number of hydrogen-bond acceptors (Lipinski definition) is 4. The first-order chi connectivity index (χ1) is 11.9. The molecule has 25 heavy (non-hydrogen) atoms. The summed E-state index contributed by atoms with van der Waals surface area (Å²) in [7, 11) is 0. The highest BCUT2D eigenvalue weighted by Crippen LogP contribution is 2.26. The quantitative estimate of drug-likeness (QED) is 0.671. The van der Waals surface area contributed by atoms with Crippen LogP contribution in [0.4, 0.5) is 0 Å². The average molecular weight is 346 g/mol. The first kappa shape index (κ1) is 19.1. The lowest BCUT2D eigenvalue weighted by molar-refractivity contribution is -0.149. The molecule has 0 bridgehead atoms. The molecule has 1 aromatic carbocycles. The molecule has 2 amide bonds. The Kier molecular flexibility index (Phi) is 5.95. The average Bonchev–Trinajstić information content (AvgIpc) is 2.85. The third kappa shape index (κ3) is 3.74. The summed E-state index contributed by atoms with van der Waals surface area (Å²) in [6.07, 6.45) is 1.68. The number of aliphatic carboxylic acids is 1. The van der Waals surface area contributed by atoms with Crippen molar-refractivity contribution < 1.29 is 19.5 Å². The van der Waals surface area contributed by atoms with Crippen LogP contribution in [-0.4, -0.2) is 46.9 Å². The second-order valence-corrected chi connectivity index (χ2v) is 6.67. The zero-order valence-corrected chi connectivity index (χ0v) is 15.0. The summed E-state index contributed by atoms with van der Waals surface area (Å²) in [6.45, 7) is 6.39. The molecule has 0 aliphatic carbocycles. The predicted molar refractivity (Wildman–Crippen MR) is 94.5 cm³/mol. The molecule has 0 radical (unpaired) electrons. The van der Waals surface area contributed by atoms with Crippen molar-refractivity contribution in [2.24, 2.45) is 5.41 Å². The number of carbonyl (C=O) groups is 3. The summed E-state index contributed by atoms with van der Waals surface area (Å²) in [5, 5.41) is 12.7. The molecule has 0 aromatic heterocycles. The molecule has 6 nitrogen and oxygen atoms in total. The van der Waals surface area contributed by atoms with Gasteiger partial charge in [0.05, 0.1) is 16.5 Å². The fraction of sp³-hybridized carbons (Fsp3) is 0.526. The Morgan fingerprint density at radius 1 is 1.16 bits per heavy atom. The van der Waals surface area contributed by atoms with Crippen LogP contribution in [-0.2, 0) is 4.79 Å². The molecule has 0 saturated heterocycles.